The zero-order valence-electron chi connectivity index (χ0n) is 12.8. The van der Waals surface area contributed by atoms with Gasteiger partial charge in [-0.1, -0.05) is 12.1 Å². The lowest BCUT2D eigenvalue weighted by atomic mass is 10.1. The first-order valence-corrected chi connectivity index (χ1v) is 8.17. The molecule has 7 heteroatoms. The number of hydrogen-bond acceptors (Lipinski definition) is 5. The first kappa shape index (κ1) is 14.2. The van der Waals surface area contributed by atoms with E-state index in [2.05, 4.69) is 10.3 Å². The minimum absolute atomic E-state index is 0.309. The Labute approximate surface area is 137 Å². The van der Waals surface area contributed by atoms with Gasteiger partial charge in [0.2, 0.25) is 0 Å². The molecule has 1 aromatic heterocycles. The molecule has 0 atom stereocenters. The molecule has 3 heterocycles. The van der Waals surface area contributed by atoms with Gasteiger partial charge in [-0.05, 0) is 26.0 Å². The van der Waals surface area contributed by atoms with Crippen molar-refractivity contribution in [3.8, 4) is 17.0 Å². The number of aromatic nitrogens is 1. The quantitative estimate of drug-likeness (QED) is 0.816. The summed E-state index contributed by atoms with van der Waals surface area (Å²) in [6.45, 7) is 4.01. The molecule has 0 unspecified atom stereocenters. The average molecular weight is 329 g/mol. The molecule has 0 saturated carbocycles. The van der Waals surface area contributed by atoms with Crippen LogP contribution in [0.15, 0.2) is 24.3 Å². The van der Waals surface area contributed by atoms with E-state index in [1.165, 1.54) is 16.2 Å². The summed E-state index contributed by atoms with van der Waals surface area (Å²) >= 11 is 1.44. The van der Waals surface area contributed by atoms with Crippen LogP contribution in [0.25, 0.3) is 11.3 Å². The predicted octanol–water partition coefficient (Wildman–Crippen LogP) is 2.58. The molecule has 4 rings (SSSR count). The Morgan fingerprint density at radius 3 is 2.83 bits per heavy atom. The van der Waals surface area contributed by atoms with E-state index in [4.69, 9.17) is 4.74 Å². The lowest BCUT2D eigenvalue weighted by molar-refractivity contribution is -0.122. The highest BCUT2D eigenvalue weighted by Crippen LogP contribution is 2.41. The van der Waals surface area contributed by atoms with Gasteiger partial charge in [0.05, 0.1) is 12.3 Å². The Bertz CT molecular complexity index is 828. The van der Waals surface area contributed by atoms with Crippen LogP contribution >= 0.6 is 11.3 Å². The Morgan fingerprint density at radius 2 is 2.09 bits per heavy atom. The van der Waals surface area contributed by atoms with Crippen molar-refractivity contribution in [2.24, 2.45) is 0 Å². The maximum Gasteiger partial charge on any atom is 0.331 e. The number of urea groups is 1. The second-order valence-corrected chi connectivity index (χ2v) is 7.08. The average Bonchev–Trinajstić information content (AvgIpc) is 2.92. The van der Waals surface area contributed by atoms with Gasteiger partial charge in [0, 0.05) is 16.9 Å². The van der Waals surface area contributed by atoms with Gasteiger partial charge >= 0.3 is 6.03 Å². The lowest BCUT2D eigenvalue weighted by Gasteiger charge is -2.25. The number of anilines is 1. The minimum Gasteiger partial charge on any atom is -0.493 e. The van der Waals surface area contributed by atoms with Crippen LogP contribution in [0.5, 0.6) is 5.75 Å². The number of imide groups is 1. The van der Waals surface area contributed by atoms with Crippen molar-refractivity contribution in [3.63, 3.8) is 0 Å². The highest BCUT2D eigenvalue weighted by atomic mass is 32.1. The molecule has 23 heavy (non-hydrogen) atoms. The number of thiazole rings is 1. The van der Waals surface area contributed by atoms with E-state index in [1.807, 2.05) is 24.3 Å². The Kier molecular flexibility index (Phi) is 2.96. The molecule has 0 radical (unpaired) electrons. The summed E-state index contributed by atoms with van der Waals surface area (Å²) in [5, 5.41) is 2.90. The number of rotatable bonds is 1. The van der Waals surface area contributed by atoms with Gasteiger partial charge in [-0.3, -0.25) is 15.0 Å². The van der Waals surface area contributed by atoms with E-state index in [0.717, 1.165) is 28.3 Å². The van der Waals surface area contributed by atoms with Crippen LogP contribution in [-0.2, 0) is 11.2 Å². The third kappa shape index (κ3) is 2.03. The first-order valence-electron chi connectivity index (χ1n) is 7.36. The molecule has 1 aromatic carbocycles. The van der Waals surface area contributed by atoms with Crippen LogP contribution in [0.3, 0.4) is 0 Å². The number of fused-ring (bicyclic) bond motifs is 3. The van der Waals surface area contributed by atoms with E-state index in [0.29, 0.717) is 11.7 Å². The largest absolute Gasteiger partial charge is 0.493 e. The number of carbonyl (C=O) groups is 2. The van der Waals surface area contributed by atoms with Gasteiger partial charge in [-0.2, -0.15) is 0 Å². The van der Waals surface area contributed by atoms with E-state index < -0.39 is 11.6 Å². The van der Waals surface area contributed by atoms with E-state index in [-0.39, 0.29) is 5.91 Å². The van der Waals surface area contributed by atoms with Crippen molar-refractivity contribution < 1.29 is 14.3 Å². The minimum atomic E-state index is -0.941. The van der Waals surface area contributed by atoms with Crippen molar-refractivity contribution in [3.05, 3.63) is 29.1 Å². The number of para-hydroxylation sites is 1. The number of ether oxygens (including phenoxy) is 1. The van der Waals surface area contributed by atoms with E-state index in [9.17, 15) is 9.59 Å². The number of nitrogens with zero attached hydrogens (tertiary/aromatic N) is 2. The van der Waals surface area contributed by atoms with Gasteiger partial charge in [-0.25, -0.2) is 9.78 Å². The molecule has 1 fully saturated rings. The number of nitrogens with one attached hydrogen (secondary N) is 1. The Morgan fingerprint density at radius 1 is 1.30 bits per heavy atom. The summed E-state index contributed by atoms with van der Waals surface area (Å²) in [4.78, 5) is 31.3. The standard InChI is InChI=1S/C16H15N3O3S/c1-16(2)13(20)18-14(21)19(16)15-17-12-9-5-3-4-6-10(9)22-8-7-11(12)23-15/h3-6H,7-8H2,1-2H3,(H,18,20,21). The van der Waals surface area contributed by atoms with Crippen molar-refractivity contribution in [1.29, 1.82) is 0 Å². The molecule has 118 valence electrons. The maximum atomic E-state index is 12.2. The topological polar surface area (TPSA) is 71.5 Å². The number of carbonyl (C=O) groups excluding carboxylic acids is 2. The molecule has 3 amide bonds. The molecular weight excluding hydrogens is 314 g/mol. The fourth-order valence-electron chi connectivity index (χ4n) is 2.84. The summed E-state index contributed by atoms with van der Waals surface area (Å²) in [6, 6.07) is 7.32. The number of amides is 3. The number of hydrogen-bond donors (Lipinski definition) is 1. The molecule has 0 spiro atoms. The van der Waals surface area contributed by atoms with E-state index >= 15 is 0 Å². The zero-order chi connectivity index (χ0) is 16.2. The fourth-order valence-corrected chi connectivity index (χ4v) is 4.04. The number of benzene rings is 1. The lowest BCUT2D eigenvalue weighted by Crippen LogP contribution is -2.44. The zero-order valence-corrected chi connectivity index (χ0v) is 13.6. The third-order valence-corrected chi connectivity index (χ3v) is 5.24. The second kappa shape index (κ2) is 4.79. The fraction of sp³-hybridized carbons (Fsp3) is 0.312. The first-order chi connectivity index (χ1) is 11.0. The summed E-state index contributed by atoms with van der Waals surface area (Å²) in [6.07, 6.45) is 0.728. The SMILES string of the molecule is CC1(C)C(=O)NC(=O)N1c1nc2c(s1)CCOc1ccccc1-2. The smallest absolute Gasteiger partial charge is 0.331 e. The van der Waals surface area contributed by atoms with Crippen LogP contribution in [0, 0.1) is 0 Å². The van der Waals surface area contributed by atoms with Crippen LogP contribution in [0.4, 0.5) is 9.93 Å². The summed E-state index contributed by atoms with van der Waals surface area (Å²) in [5.41, 5.74) is 0.816. The molecule has 0 bridgehead atoms. The molecule has 1 N–H and O–H groups in total. The molecule has 6 nitrogen and oxygen atoms in total. The summed E-state index contributed by atoms with van der Waals surface area (Å²) in [7, 11) is 0. The van der Waals surface area contributed by atoms with Gasteiger partial charge in [0.1, 0.15) is 11.3 Å². The monoisotopic (exact) mass is 329 g/mol. The van der Waals surface area contributed by atoms with E-state index in [1.54, 1.807) is 13.8 Å². The van der Waals surface area contributed by atoms with Gasteiger partial charge in [0.25, 0.3) is 5.91 Å². The molecule has 2 aliphatic rings. The molecular formula is C16H15N3O3S. The summed E-state index contributed by atoms with van der Waals surface area (Å²) in [5.74, 6) is 0.487. The maximum absolute atomic E-state index is 12.2. The second-order valence-electron chi connectivity index (χ2n) is 6.02. The van der Waals surface area contributed by atoms with Gasteiger partial charge in [0.15, 0.2) is 5.13 Å². The van der Waals surface area contributed by atoms with Crippen molar-refractivity contribution in [2.75, 3.05) is 11.5 Å². The predicted molar refractivity (Wildman–Crippen MR) is 86.8 cm³/mol. The Hall–Kier alpha value is -2.41. The normalized spacial score (nSPS) is 18.8. The summed E-state index contributed by atoms with van der Waals surface area (Å²) < 4.78 is 5.75. The molecule has 2 aliphatic heterocycles. The van der Waals surface area contributed by atoms with Crippen LogP contribution < -0.4 is 15.0 Å². The molecule has 1 saturated heterocycles. The third-order valence-electron chi connectivity index (χ3n) is 4.14. The van der Waals surface area contributed by atoms with Crippen LogP contribution in [0.2, 0.25) is 0 Å². The molecule has 0 aliphatic carbocycles. The van der Waals surface area contributed by atoms with Crippen molar-refractivity contribution in [2.45, 2.75) is 25.8 Å². The van der Waals surface area contributed by atoms with Crippen LogP contribution in [0.1, 0.15) is 18.7 Å². The van der Waals surface area contributed by atoms with Gasteiger partial charge < -0.3 is 4.74 Å². The van der Waals surface area contributed by atoms with Crippen LogP contribution in [-0.4, -0.2) is 29.1 Å². The highest BCUT2D eigenvalue weighted by Gasteiger charge is 2.48. The molecule has 2 aromatic rings. The van der Waals surface area contributed by atoms with Crippen molar-refractivity contribution in [1.82, 2.24) is 10.3 Å². The van der Waals surface area contributed by atoms with Gasteiger partial charge in [-0.15, -0.1) is 11.3 Å². The Balaban J connectivity index is 1.84. The van der Waals surface area contributed by atoms with Crippen molar-refractivity contribution >= 4 is 28.4 Å². The highest BCUT2D eigenvalue weighted by molar-refractivity contribution is 7.16.